The van der Waals surface area contributed by atoms with Crippen molar-refractivity contribution < 1.29 is 19.1 Å². The summed E-state index contributed by atoms with van der Waals surface area (Å²) in [6, 6.07) is 8.62. The topological polar surface area (TPSA) is 52.6 Å². The average Bonchev–Trinajstić information content (AvgIpc) is 2.25. The second-order valence-corrected chi connectivity index (χ2v) is 2.47. The Labute approximate surface area is 81.4 Å². The van der Waals surface area contributed by atoms with Crippen LogP contribution in [0, 0.1) is 0 Å². The van der Waals surface area contributed by atoms with Gasteiger partial charge in [0.1, 0.15) is 13.2 Å². The Morgan fingerprint density at radius 2 is 1.93 bits per heavy atom. The summed E-state index contributed by atoms with van der Waals surface area (Å²) in [5, 5.41) is 0. The number of carbonyl (C=O) groups excluding carboxylic acids is 2. The maximum atomic E-state index is 11.2. The standard InChI is InChI=1S/C10H10O4/c11-8-13-6-7-14-10(12)9-4-2-1-3-5-9/h1-5,8H,6-7H2. The van der Waals surface area contributed by atoms with Gasteiger partial charge in [-0.3, -0.25) is 4.79 Å². The van der Waals surface area contributed by atoms with Gasteiger partial charge in [-0.2, -0.15) is 0 Å². The summed E-state index contributed by atoms with van der Waals surface area (Å²) in [5.41, 5.74) is 0.485. The first-order chi connectivity index (χ1) is 6.84. The van der Waals surface area contributed by atoms with E-state index in [2.05, 4.69) is 4.74 Å². The van der Waals surface area contributed by atoms with Gasteiger partial charge in [0.15, 0.2) is 0 Å². The Kier molecular flexibility index (Phi) is 4.20. The molecule has 0 spiro atoms. The van der Waals surface area contributed by atoms with E-state index in [-0.39, 0.29) is 13.2 Å². The first kappa shape index (κ1) is 10.2. The van der Waals surface area contributed by atoms with Crippen molar-refractivity contribution in [1.29, 1.82) is 0 Å². The van der Waals surface area contributed by atoms with Crippen LogP contribution in [-0.4, -0.2) is 25.7 Å². The predicted octanol–water partition coefficient (Wildman–Crippen LogP) is 1.02. The van der Waals surface area contributed by atoms with E-state index < -0.39 is 5.97 Å². The van der Waals surface area contributed by atoms with Gasteiger partial charge in [-0.25, -0.2) is 4.79 Å². The van der Waals surface area contributed by atoms with Crippen LogP contribution < -0.4 is 0 Å². The summed E-state index contributed by atoms with van der Waals surface area (Å²) in [6.07, 6.45) is 0. The Bertz CT molecular complexity index is 294. The van der Waals surface area contributed by atoms with Crippen LogP contribution in [0.15, 0.2) is 30.3 Å². The summed E-state index contributed by atoms with van der Waals surface area (Å²) < 4.78 is 9.17. The average molecular weight is 194 g/mol. The van der Waals surface area contributed by atoms with Gasteiger partial charge in [0.05, 0.1) is 5.56 Å². The lowest BCUT2D eigenvalue weighted by molar-refractivity contribution is -0.129. The van der Waals surface area contributed by atoms with E-state index >= 15 is 0 Å². The molecule has 1 aromatic carbocycles. The van der Waals surface area contributed by atoms with E-state index in [0.717, 1.165) is 0 Å². The van der Waals surface area contributed by atoms with Crippen molar-refractivity contribution in [3.8, 4) is 0 Å². The molecular weight excluding hydrogens is 184 g/mol. The summed E-state index contributed by atoms with van der Waals surface area (Å²) in [4.78, 5) is 21.0. The minimum atomic E-state index is -0.417. The molecule has 0 saturated heterocycles. The van der Waals surface area contributed by atoms with E-state index in [1.807, 2.05) is 6.07 Å². The Balaban J connectivity index is 2.32. The van der Waals surface area contributed by atoms with E-state index in [9.17, 15) is 9.59 Å². The highest BCUT2D eigenvalue weighted by Gasteiger charge is 2.04. The molecule has 1 rings (SSSR count). The molecule has 0 atom stereocenters. The predicted molar refractivity (Wildman–Crippen MR) is 48.7 cm³/mol. The van der Waals surface area contributed by atoms with Gasteiger partial charge in [0.25, 0.3) is 6.47 Å². The van der Waals surface area contributed by atoms with Crippen LogP contribution in [0.2, 0.25) is 0 Å². The van der Waals surface area contributed by atoms with E-state index in [0.29, 0.717) is 12.0 Å². The van der Waals surface area contributed by atoms with Crippen molar-refractivity contribution >= 4 is 12.4 Å². The molecule has 0 N–H and O–H groups in total. The fourth-order valence-electron chi connectivity index (χ4n) is 0.888. The third-order valence-corrected chi connectivity index (χ3v) is 1.51. The molecule has 74 valence electrons. The molecule has 0 fully saturated rings. The zero-order valence-electron chi connectivity index (χ0n) is 7.51. The first-order valence-corrected chi connectivity index (χ1v) is 4.12. The fraction of sp³-hybridized carbons (Fsp3) is 0.200. The third kappa shape index (κ3) is 3.26. The number of hydrogen-bond donors (Lipinski definition) is 0. The normalized spacial score (nSPS) is 9.14. The molecule has 0 aromatic heterocycles. The highest BCUT2D eigenvalue weighted by molar-refractivity contribution is 5.89. The van der Waals surface area contributed by atoms with Crippen molar-refractivity contribution in [2.24, 2.45) is 0 Å². The van der Waals surface area contributed by atoms with Crippen LogP contribution in [0.4, 0.5) is 0 Å². The van der Waals surface area contributed by atoms with Gasteiger partial charge < -0.3 is 9.47 Å². The zero-order valence-corrected chi connectivity index (χ0v) is 7.51. The minimum absolute atomic E-state index is 0.0759. The van der Waals surface area contributed by atoms with Crippen molar-refractivity contribution in [2.75, 3.05) is 13.2 Å². The molecule has 0 aliphatic rings. The van der Waals surface area contributed by atoms with Gasteiger partial charge in [-0.15, -0.1) is 0 Å². The Hall–Kier alpha value is -1.84. The maximum absolute atomic E-state index is 11.2. The lowest BCUT2D eigenvalue weighted by Crippen LogP contribution is -2.10. The zero-order chi connectivity index (χ0) is 10.2. The first-order valence-electron chi connectivity index (χ1n) is 4.12. The number of benzene rings is 1. The quantitative estimate of drug-likeness (QED) is 0.399. The van der Waals surface area contributed by atoms with Gasteiger partial charge in [-0.1, -0.05) is 18.2 Å². The molecule has 1 aromatic rings. The van der Waals surface area contributed by atoms with Gasteiger partial charge in [0.2, 0.25) is 0 Å². The number of esters is 1. The van der Waals surface area contributed by atoms with Crippen LogP contribution in [0.5, 0.6) is 0 Å². The summed E-state index contributed by atoms with van der Waals surface area (Å²) >= 11 is 0. The SMILES string of the molecule is O=COCCOC(=O)c1ccccc1. The van der Waals surface area contributed by atoms with Crippen LogP contribution in [-0.2, 0) is 14.3 Å². The third-order valence-electron chi connectivity index (χ3n) is 1.51. The Morgan fingerprint density at radius 1 is 1.21 bits per heavy atom. The molecule has 0 radical (unpaired) electrons. The largest absolute Gasteiger partial charge is 0.464 e. The molecule has 0 bridgehead atoms. The molecule has 4 nitrogen and oxygen atoms in total. The number of carbonyl (C=O) groups is 2. The number of rotatable bonds is 5. The molecule has 0 unspecified atom stereocenters. The van der Waals surface area contributed by atoms with E-state index in [1.165, 1.54) is 0 Å². The molecule has 0 amide bonds. The second kappa shape index (κ2) is 5.75. The van der Waals surface area contributed by atoms with Crippen molar-refractivity contribution in [1.82, 2.24) is 0 Å². The number of hydrogen-bond acceptors (Lipinski definition) is 4. The minimum Gasteiger partial charge on any atom is -0.464 e. The summed E-state index contributed by atoms with van der Waals surface area (Å²) in [6.45, 7) is 0.477. The molecule has 0 aliphatic carbocycles. The molecular formula is C10H10O4. The highest BCUT2D eigenvalue weighted by atomic mass is 16.6. The second-order valence-electron chi connectivity index (χ2n) is 2.47. The molecule has 0 saturated carbocycles. The van der Waals surface area contributed by atoms with Gasteiger partial charge in [-0.05, 0) is 12.1 Å². The van der Waals surface area contributed by atoms with E-state index in [1.54, 1.807) is 24.3 Å². The van der Waals surface area contributed by atoms with Gasteiger partial charge >= 0.3 is 5.97 Å². The summed E-state index contributed by atoms with van der Waals surface area (Å²) in [7, 11) is 0. The molecule has 0 aliphatic heterocycles. The molecule has 4 heteroatoms. The van der Waals surface area contributed by atoms with Crippen LogP contribution in [0.1, 0.15) is 10.4 Å². The maximum Gasteiger partial charge on any atom is 0.338 e. The lowest BCUT2D eigenvalue weighted by Gasteiger charge is -2.02. The lowest BCUT2D eigenvalue weighted by atomic mass is 10.2. The van der Waals surface area contributed by atoms with Crippen LogP contribution in [0.3, 0.4) is 0 Å². The van der Waals surface area contributed by atoms with Gasteiger partial charge in [0, 0.05) is 0 Å². The number of ether oxygens (including phenoxy) is 2. The smallest absolute Gasteiger partial charge is 0.338 e. The van der Waals surface area contributed by atoms with Crippen molar-refractivity contribution in [3.63, 3.8) is 0 Å². The monoisotopic (exact) mass is 194 g/mol. The molecule has 0 heterocycles. The van der Waals surface area contributed by atoms with Crippen molar-refractivity contribution in [3.05, 3.63) is 35.9 Å². The van der Waals surface area contributed by atoms with Crippen molar-refractivity contribution in [2.45, 2.75) is 0 Å². The Morgan fingerprint density at radius 3 is 2.57 bits per heavy atom. The van der Waals surface area contributed by atoms with Crippen LogP contribution >= 0.6 is 0 Å². The van der Waals surface area contributed by atoms with E-state index in [4.69, 9.17) is 4.74 Å². The fourth-order valence-corrected chi connectivity index (χ4v) is 0.888. The highest BCUT2D eigenvalue weighted by Crippen LogP contribution is 2.00. The summed E-state index contributed by atoms with van der Waals surface area (Å²) in [5.74, 6) is -0.417. The molecule has 14 heavy (non-hydrogen) atoms. The van der Waals surface area contributed by atoms with Crippen LogP contribution in [0.25, 0.3) is 0 Å².